The Kier molecular flexibility index (Phi) is 7.74. The maximum Gasteiger partial charge on any atom is 0.407 e. The lowest BCUT2D eigenvalue weighted by molar-refractivity contribution is 0.134. The Bertz CT molecular complexity index is 1410. The minimum atomic E-state index is -0.439. The summed E-state index contributed by atoms with van der Waals surface area (Å²) in [6, 6.07) is 33.4. The van der Waals surface area contributed by atoms with Crippen LogP contribution in [0.1, 0.15) is 46.3 Å². The van der Waals surface area contributed by atoms with Crippen LogP contribution in [0.4, 0.5) is 10.5 Å². The maximum absolute atomic E-state index is 12.8. The Morgan fingerprint density at radius 3 is 2.41 bits per heavy atom. The number of halogens is 1. The molecular weight excluding hydrogens is 480 g/mol. The molecule has 2 atom stereocenters. The van der Waals surface area contributed by atoms with Gasteiger partial charge in [-0.05, 0) is 52.9 Å². The van der Waals surface area contributed by atoms with Crippen molar-refractivity contribution in [2.24, 2.45) is 0 Å². The highest BCUT2D eigenvalue weighted by Gasteiger charge is 2.30. The number of alkyl carbamates (subject to hydrolysis) is 1. The molecule has 1 aliphatic rings. The molecule has 5 heteroatoms. The third-order valence-corrected chi connectivity index (χ3v) is 6.66. The van der Waals surface area contributed by atoms with Crippen LogP contribution in [-0.2, 0) is 17.8 Å². The number of ether oxygens (including phenoxy) is 1. The minimum Gasteiger partial charge on any atom is -0.445 e. The molecule has 0 aliphatic carbocycles. The van der Waals surface area contributed by atoms with E-state index in [9.17, 15) is 4.79 Å². The number of carbonyl (C=O) groups excluding carboxylic acids is 1. The molecule has 0 spiro atoms. The molecule has 4 aromatic carbocycles. The number of fused-ring (bicyclic) bond motifs is 1. The van der Waals surface area contributed by atoms with E-state index in [1.807, 2.05) is 91.0 Å². The Hall–Kier alpha value is -4.20. The van der Waals surface area contributed by atoms with Crippen LogP contribution in [0.15, 0.2) is 103 Å². The average molecular weight is 507 g/mol. The molecule has 0 saturated carbocycles. The van der Waals surface area contributed by atoms with E-state index in [1.54, 1.807) is 0 Å². The van der Waals surface area contributed by atoms with Crippen LogP contribution in [-0.4, -0.2) is 6.09 Å². The van der Waals surface area contributed by atoms with E-state index >= 15 is 0 Å². The van der Waals surface area contributed by atoms with Crippen molar-refractivity contribution < 1.29 is 9.53 Å². The van der Waals surface area contributed by atoms with Crippen LogP contribution < -0.4 is 10.6 Å². The Labute approximate surface area is 222 Å². The molecule has 0 radical (unpaired) electrons. The standard InChI is InChI=1S/C32H27ClN2O2/c33-27-19-17-25(18-20-27)29-21-30(35-32(36)37-22-24-11-5-2-6-12-24)28-16-8-15-26(31(28)34-29)14-7-13-23-9-3-1-4-10-23/h1-6,8-12,15-20,29-30,34H,14,21-22H2,(H,35,36)/t29-,30-/m0/s1. The van der Waals surface area contributed by atoms with Crippen molar-refractivity contribution in [1.82, 2.24) is 5.32 Å². The van der Waals surface area contributed by atoms with E-state index in [0.717, 1.165) is 33.5 Å². The molecule has 0 fully saturated rings. The zero-order valence-electron chi connectivity index (χ0n) is 20.3. The molecular formula is C32H27ClN2O2. The first-order valence-electron chi connectivity index (χ1n) is 12.3. The third-order valence-electron chi connectivity index (χ3n) is 6.41. The maximum atomic E-state index is 12.8. The summed E-state index contributed by atoms with van der Waals surface area (Å²) in [4.78, 5) is 12.8. The number of anilines is 1. The molecule has 1 heterocycles. The van der Waals surface area contributed by atoms with Gasteiger partial charge in [0.1, 0.15) is 6.61 Å². The summed E-state index contributed by atoms with van der Waals surface area (Å²) in [5, 5.41) is 7.50. The molecule has 0 bridgehead atoms. The fourth-order valence-corrected chi connectivity index (χ4v) is 4.68. The van der Waals surface area contributed by atoms with Crippen molar-refractivity contribution in [3.05, 3.63) is 136 Å². The van der Waals surface area contributed by atoms with Gasteiger partial charge in [0.2, 0.25) is 0 Å². The van der Waals surface area contributed by atoms with E-state index in [-0.39, 0.29) is 18.7 Å². The number of benzene rings is 4. The van der Waals surface area contributed by atoms with Gasteiger partial charge in [-0.25, -0.2) is 4.79 Å². The smallest absolute Gasteiger partial charge is 0.407 e. The number of amides is 1. The Balaban J connectivity index is 1.39. The molecule has 2 N–H and O–H groups in total. The van der Waals surface area contributed by atoms with Gasteiger partial charge in [0, 0.05) is 22.7 Å². The van der Waals surface area contributed by atoms with Crippen LogP contribution in [0.2, 0.25) is 5.02 Å². The summed E-state index contributed by atoms with van der Waals surface area (Å²) in [7, 11) is 0. The predicted molar refractivity (Wildman–Crippen MR) is 148 cm³/mol. The highest BCUT2D eigenvalue weighted by atomic mass is 35.5. The van der Waals surface area contributed by atoms with Crippen molar-refractivity contribution in [1.29, 1.82) is 0 Å². The van der Waals surface area contributed by atoms with Gasteiger partial charge in [0.15, 0.2) is 0 Å². The van der Waals surface area contributed by atoms with E-state index in [2.05, 4.69) is 34.6 Å². The van der Waals surface area contributed by atoms with Crippen molar-refractivity contribution >= 4 is 23.4 Å². The highest BCUT2D eigenvalue weighted by Crippen LogP contribution is 2.41. The van der Waals surface area contributed by atoms with Crippen molar-refractivity contribution in [2.75, 3.05) is 5.32 Å². The average Bonchev–Trinajstić information content (AvgIpc) is 2.94. The van der Waals surface area contributed by atoms with Crippen molar-refractivity contribution in [2.45, 2.75) is 31.5 Å². The van der Waals surface area contributed by atoms with Gasteiger partial charge in [-0.3, -0.25) is 0 Å². The monoisotopic (exact) mass is 506 g/mol. The predicted octanol–water partition coefficient (Wildman–Crippen LogP) is 7.46. The third kappa shape index (κ3) is 6.33. The van der Waals surface area contributed by atoms with E-state index in [4.69, 9.17) is 16.3 Å². The second kappa shape index (κ2) is 11.7. The molecule has 5 rings (SSSR count). The summed E-state index contributed by atoms with van der Waals surface area (Å²) >= 11 is 6.14. The number of hydrogen-bond acceptors (Lipinski definition) is 3. The van der Waals surface area contributed by atoms with Gasteiger partial charge in [-0.1, -0.05) is 102 Å². The van der Waals surface area contributed by atoms with E-state index in [1.165, 1.54) is 0 Å². The number of para-hydroxylation sites is 1. The summed E-state index contributed by atoms with van der Waals surface area (Å²) < 4.78 is 5.54. The molecule has 1 aliphatic heterocycles. The highest BCUT2D eigenvalue weighted by molar-refractivity contribution is 6.30. The first-order chi connectivity index (χ1) is 18.2. The SMILES string of the molecule is O=C(N[C@H]1C[C@@H](c2ccc(Cl)cc2)Nc2c(CC#Cc3ccccc3)cccc21)OCc1ccccc1. The van der Waals surface area contributed by atoms with E-state index in [0.29, 0.717) is 17.9 Å². The zero-order valence-corrected chi connectivity index (χ0v) is 21.0. The summed E-state index contributed by atoms with van der Waals surface area (Å²) in [5.41, 5.74) is 6.15. The molecule has 1 amide bonds. The molecule has 0 unspecified atom stereocenters. The number of rotatable bonds is 5. The normalized spacial score (nSPS) is 15.9. The lowest BCUT2D eigenvalue weighted by Crippen LogP contribution is -2.35. The van der Waals surface area contributed by atoms with Crippen LogP contribution in [0.25, 0.3) is 0 Å². The van der Waals surface area contributed by atoms with Crippen molar-refractivity contribution in [3.63, 3.8) is 0 Å². The molecule has 0 aromatic heterocycles. The fraction of sp³-hybridized carbons (Fsp3) is 0.156. The largest absolute Gasteiger partial charge is 0.445 e. The second-order valence-electron chi connectivity index (χ2n) is 8.97. The van der Waals surface area contributed by atoms with Gasteiger partial charge >= 0.3 is 6.09 Å². The summed E-state index contributed by atoms with van der Waals surface area (Å²) in [6.07, 6.45) is 0.823. The number of carbonyl (C=O) groups is 1. The lowest BCUT2D eigenvalue weighted by Gasteiger charge is -2.35. The quantitative estimate of drug-likeness (QED) is 0.276. The van der Waals surface area contributed by atoms with Crippen molar-refractivity contribution in [3.8, 4) is 11.8 Å². The summed E-state index contributed by atoms with van der Waals surface area (Å²) in [5.74, 6) is 6.55. The molecule has 4 aromatic rings. The van der Waals surface area contributed by atoms with Crippen LogP contribution >= 0.6 is 11.6 Å². The molecule has 0 saturated heterocycles. The Morgan fingerprint density at radius 1 is 0.919 bits per heavy atom. The number of nitrogens with one attached hydrogen (secondary N) is 2. The number of hydrogen-bond donors (Lipinski definition) is 2. The van der Waals surface area contributed by atoms with E-state index < -0.39 is 6.09 Å². The Morgan fingerprint density at radius 2 is 1.65 bits per heavy atom. The van der Waals surface area contributed by atoms with Gasteiger partial charge < -0.3 is 15.4 Å². The fourth-order valence-electron chi connectivity index (χ4n) is 4.55. The van der Waals surface area contributed by atoms with Gasteiger partial charge in [0.25, 0.3) is 0 Å². The van der Waals surface area contributed by atoms with Gasteiger partial charge in [-0.2, -0.15) is 0 Å². The molecule has 4 nitrogen and oxygen atoms in total. The van der Waals surface area contributed by atoms with Gasteiger partial charge in [0.05, 0.1) is 12.1 Å². The summed E-state index contributed by atoms with van der Waals surface area (Å²) in [6.45, 7) is 0.222. The first-order valence-corrected chi connectivity index (χ1v) is 12.7. The minimum absolute atomic E-state index is 0.00702. The zero-order chi connectivity index (χ0) is 25.5. The topological polar surface area (TPSA) is 50.4 Å². The van der Waals surface area contributed by atoms with Crippen LogP contribution in [0.3, 0.4) is 0 Å². The van der Waals surface area contributed by atoms with Crippen LogP contribution in [0, 0.1) is 11.8 Å². The molecule has 37 heavy (non-hydrogen) atoms. The molecule has 184 valence electrons. The van der Waals surface area contributed by atoms with Crippen LogP contribution in [0.5, 0.6) is 0 Å². The lowest BCUT2D eigenvalue weighted by atomic mass is 9.87. The first kappa shape index (κ1) is 24.5. The second-order valence-corrected chi connectivity index (χ2v) is 9.41. The van der Waals surface area contributed by atoms with Gasteiger partial charge in [-0.15, -0.1) is 0 Å².